The van der Waals surface area contributed by atoms with Crippen LogP contribution < -0.4 is 14.8 Å². The lowest BCUT2D eigenvalue weighted by molar-refractivity contribution is -0.117. The molecule has 2 aromatic rings. The molecule has 0 saturated carbocycles. The van der Waals surface area contributed by atoms with Crippen LogP contribution in [0.25, 0.3) is 0 Å². The van der Waals surface area contributed by atoms with Gasteiger partial charge in [0.05, 0.1) is 37.9 Å². The molecule has 0 unspecified atom stereocenters. The standard InChI is InChI=1S/C24H33N3O6S/c1-17-13-27(14-18(2)33-17)34(29,30)21-9-7-20(8-10-21)25-24(28)16-26(3)15-19-6-11-22(31-4)23(12-19)32-5/h6-12,17-18H,13-16H2,1-5H3,(H,25,28)/t17-,18+. The van der Waals surface area contributed by atoms with Gasteiger partial charge < -0.3 is 19.5 Å². The van der Waals surface area contributed by atoms with Gasteiger partial charge in [0.15, 0.2) is 11.5 Å². The van der Waals surface area contributed by atoms with Gasteiger partial charge in [0, 0.05) is 25.3 Å². The Morgan fingerprint density at radius 1 is 1.06 bits per heavy atom. The van der Waals surface area contributed by atoms with E-state index in [0.29, 0.717) is 36.8 Å². The molecule has 1 saturated heterocycles. The summed E-state index contributed by atoms with van der Waals surface area (Å²) in [6.45, 7) is 5.06. The van der Waals surface area contributed by atoms with E-state index in [1.165, 1.54) is 16.4 Å². The summed E-state index contributed by atoms with van der Waals surface area (Å²) in [7, 11) is 1.38. The molecule has 2 aromatic carbocycles. The summed E-state index contributed by atoms with van der Waals surface area (Å²) < 4.78 is 43.6. The van der Waals surface area contributed by atoms with Crippen molar-refractivity contribution < 1.29 is 27.4 Å². The van der Waals surface area contributed by atoms with Crippen LogP contribution >= 0.6 is 0 Å². The number of rotatable bonds is 9. The number of hydrogen-bond donors (Lipinski definition) is 1. The lowest BCUT2D eigenvalue weighted by atomic mass is 10.2. The number of amides is 1. The number of benzene rings is 2. The third-order valence-electron chi connectivity index (χ3n) is 5.48. The van der Waals surface area contributed by atoms with Crippen LogP contribution in [0.2, 0.25) is 0 Å². The molecule has 0 aliphatic carbocycles. The number of nitrogens with zero attached hydrogens (tertiary/aromatic N) is 2. The number of anilines is 1. The van der Waals surface area contributed by atoms with Crippen LogP contribution in [-0.4, -0.2) is 76.6 Å². The molecule has 0 bridgehead atoms. The van der Waals surface area contributed by atoms with E-state index < -0.39 is 10.0 Å². The summed E-state index contributed by atoms with van der Waals surface area (Å²) in [6.07, 6.45) is -0.318. The summed E-state index contributed by atoms with van der Waals surface area (Å²) in [5.74, 6) is 1.08. The quantitative estimate of drug-likeness (QED) is 0.576. The van der Waals surface area contributed by atoms with Crippen LogP contribution in [0.4, 0.5) is 5.69 Å². The fourth-order valence-corrected chi connectivity index (χ4v) is 5.57. The van der Waals surface area contributed by atoms with Gasteiger partial charge in [0.25, 0.3) is 0 Å². The maximum atomic E-state index is 13.0. The Hall–Kier alpha value is -2.66. The second-order valence-electron chi connectivity index (χ2n) is 8.51. The van der Waals surface area contributed by atoms with Crippen LogP contribution in [-0.2, 0) is 26.1 Å². The molecule has 0 aromatic heterocycles. The summed E-state index contributed by atoms with van der Waals surface area (Å²) in [6, 6.07) is 11.9. The highest BCUT2D eigenvalue weighted by molar-refractivity contribution is 7.89. The van der Waals surface area contributed by atoms with E-state index in [4.69, 9.17) is 14.2 Å². The number of nitrogens with one attached hydrogen (secondary N) is 1. The Morgan fingerprint density at radius 2 is 1.68 bits per heavy atom. The molecular weight excluding hydrogens is 458 g/mol. The molecule has 1 amide bonds. The van der Waals surface area contributed by atoms with Gasteiger partial charge in [-0.25, -0.2) is 8.42 Å². The molecular formula is C24H33N3O6S. The summed E-state index contributed by atoms with van der Waals surface area (Å²) in [5, 5.41) is 2.82. The van der Waals surface area contributed by atoms with Crippen molar-refractivity contribution >= 4 is 21.6 Å². The predicted octanol–water partition coefficient (Wildman–Crippen LogP) is 2.57. The number of carbonyl (C=O) groups excluding carboxylic acids is 1. The third-order valence-corrected chi connectivity index (χ3v) is 7.32. The number of methoxy groups -OCH3 is 2. The largest absolute Gasteiger partial charge is 0.493 e. The number of morpholine rings is 1. The Bertz CT molecular complexity index is 1080. The Labute approximate surface area is 201 Å². The van der Waals surface area contributed by atoms with Crippen molar-refractivity contribution in [2.45, 2.75) is 37.5 Å². The second-order valence-corrected chi connectivity index (χ2v) is 10.5. The molecule has 0 radical (unpaired) electrons. The Kier molecular flexibility index (Phi) is 8.53. The molecule has 1 aliphatic heterocycles. The van der Waals surface area contributed by atoms with E-state index in [1.54, 1.807) is 26.4 Å². The SMILES string of the molecule is COc1ccc(CN(C)CC(=O)Nc2ccc(S(=O)(=O)N3C[C@@H](C)O[C@@H](C)C3)cc2)cc1OC. The van der Waals surface area contributed by atoms with Crippen LogP contribution in [0.3, 0.4) is 0 Å². The van der Waals surface area contributed by atoms with E-state index >= 15 is 0 Å². The highest BCUT2D eigenvalue weighted by atomic mass is 32.2. The van der Waals surface area contributed by atoms with Crippen LogP contribution in [0.15, 0.2) is 47.4 Å². The summed E-state index contributed by atoms with van der Waals surface area (Å²) in [4.78, 5) is 14.6. The molecule has 3 rings (SSSR count). The van der Waals surface area contributed by atoms with Crippen molar-refractivity contribution in [1.29, 1.82) is 0 Å². The van der Waals surface area contributed by atoms with E-state index in [9.17, 15) is 13.2 Å². The highest BCUT2D eigenvalue weighted by Gasteiger charge is 2.32. The Balaban J connectivity index is 1.57. The van der Waals surface area contributed by atoms with Crippen LogP contribution in [0, 0.1) is 0 Å². The average Bonchev–Trinajstić information content (AvgIpc) is 2.78. The second kappa shape index (κ2) is 11.2. The topological polar surface area (TPSA) is 97.4 Å². The lowest BCUT2D eigenvalue weighted by Crippen LogP contribution is -2.48. The van der Waals surface area contributed by atoms with Gasteiger partial charge in [-0.1, -0.05) is 6.07 Å². The van der Waals surface area contributed by atoms with Gasteiger partial charge in [-0.15, -0.1) is 0 Å². The van der Waals surface area contributed by atoms with Crippen molar-refractivity contribution in [3.05, 3.63) is 48.0 Å². The predicted molar refractivity (Wildman–Crippen MR) is 130 cm³/mol. The first kappa shape index (κ1) is 26.0. The van der Waals surface area contributed by atoms with Gasteiger partial charge in [0.2, 0.25) is 15.9 Å². The van der Waals surface area contributed by atoms with E-state index in [0.717, 1.165) is 5.56 Å². The van der Waals surface area contributed by atoms with Gasteiger partial charge in [-0.05, 0) is 62.9 Å². The van der Waals surface area contributed by atoms with Crippen molar-refractivity contribution in [1.82, 2.24) is 9.21 Å². The van der Waals surface area contributed by atoms with Crippen LogP contribution in [0.5, 0.6) is 11.5 Å². The van der Waals surface area contributed by atoms with E-state index in [2.05, 4.69) is 5.32 Å². The Morgan fingerprint density at radius 3 is 2.26 bits per heavy atom. The molecule has 2 atom stereocenters. The molecule has 1 aliphatic rings. The van der Waals surface area contributed by atoms with Gasteiger partial charge >= 0.3 is 0 Å². The third kappa shape index (κ3) is 6.47. The minimum Gasteiger partial charge on any atom is -0.493 e. The zero-order valence-electron chi connectivity index (χ0n) is 20.3. The normalized spacial score (nSPS) is 19.1. The first-order chi connectivity index (χ1) is 16.1. The number of ether oxygens (including phenoxy) is 3. The van der Waals surface area contributed by atoms with E-state index in [1.807, 2.05) is 44.0 Å². The number of likely N-dealkylation sites (N-methyl/N-ethyl adjacent to an activating group) is 1. The van der Waals surface area contributed by atoms with Crippen LogP contribution in [0.1, 0.15) is 19.4 Å². The number of hydrogen-bond acceptors (Lipinski definition) is 7. The smallest absolute Gasteiger partial charge is 0.243 e. The first-order valence-corrected chi connectivity index (χ1v) is 12.5. The maximum absolute atomic E-state index is 13.0. The minimum absolute atomic E-state index is 0.159. The number of carbonyl (C=O) groups is 1. The fourth-order valence-electron chi connectivity index (χ4n) is 3.98. The van der Waals surface area contributed by atoms with Crippen molar-refractivity contribution in [2.75, 3.05) is 46.2 Å². The molecule has 34 heavy (non-hydrogen) atoms. The summed E-state index contributed by atoms with van der Waals surface area (Å²) in [5.41, 5.74) is 1.52. The minimum atomic E-state index is -3.62. The molecule has 186 valence electrons. The highest BCUT2D eigenvalue weighted by Crippen LogP contribution is 2.28. The average molecular weight is 492 g/mol. The maximum Gasteiger partial charge on any atom is 0.243 e. The van der Waals surface area contributed by atoms with Crippen molar-refractivity contribution in [3.63, 3.8) is 0 Å². The lowest BCUT2D eigenvalue weighted by Gasteiger charge is -2.34. The fraction of sp³-hybridized carbons (Fsp3) is 0.458. The van der Waals surface area contributed by atoms with Gasteiger partial charge in [-0.2, -0.15) is 4.31 Å². The molecule has 1 heterocycles. The first-order valence-electron chi connectivity index (χ1n) is 11.1. The van der Waals surface area contributed by atoms with Gasteiger partial charge in [0.1, 0.15) is 0 Å². The molecule has 1 fully saturated rings. The molecule has 10 heteroatoms. The van der Waals surface area contributed by atoms with E-state index in [-0.39, 0.29) is 29.6 Å². The zero-order chi connectivity index (χ0) is 24.9. The molecule has 1 N–H and O–H groups in total. The van der Waals surface area contributed by atoms with Crippen molar-refractivity contribution in [3.8, 4) is 11.5 Å². The zero-order valence-corrected chi connectivity index (χ0v) is 21.1. The molecule has 9 nitrogen and oxygen atoms in total. The summed E-state index contributed by atoms with van der Waals surface area (Å²) >= 11 is 0. The number of sulfonamides is 1. The molecule has 0 spiro atoms. The van der Waals surface area contributed by atoms with Gasteiger partial charge in [-0.3, -0.25) is 9.69 Å². The monoisotopic (exact) mass is 491 g/mol. The van der Waals surface area contributed by atoms with Crippen molar-refractivity contribution in [2.24, 2.45) is 0 Å².